The molecule has 0 unspecified atom stereocenters. The van der Waals surface area contributed by atoms with Crippen LogP contribution in [0.5, 0.6) is 5.75 Å². The molecule has 0 amide bonds. The van der Waals surface area contributed by atoms with Crippen molar-refractivity contribution in [2.75, 3.05) is 6.61 Å². The van der Waals surface area contributed by atoms with Gasteiger partial charge in [-0.3, -0.25) is 0 Å². The summed E-state index contributed by atoms with van der Waals surface area (Å²) in [5.41, 5.74) is 3.44. The second-order valence-corrected chi connectivity index (χ2v) is 5.47. The van der Waals surface area contributed by atoms with Gasteiger partial charge in [0.05, 0.1) is 23.9 Å². The Morgan fingerprint density at radius 2 is 1.81 bits per heavy atom. The third-order valence-corrected chi connectivity index (χ3v) is 3.66. The molecule has 0 radical (unpaired) electrons. The zero-order valence-corrected chi connectivity index (χ0v) is 12.5. The molecule has 21 heavy (non-hydrogen) atoms. The van der Waals surface area contributed by atoms with E-state index in [0.717, 1.165) is 23.3 Å². The fourth-order valence-corrected chi connectivity index (χ4v) is 2.53. The van der Waals surface area contributed by atoms with Gasteiger partial charge in [-0.2, -0.15) is 0 Å². The molecule has 1 aromatic heterocycles. The fourth-order valence-electron chi connectivity index (χ4n) is 2.53. The summed E-state index contributed by atoms with van der Waals surface area (Å²) < 4.78 is 8.10. The minimum atomic E-state index is 0.468. The third-order valence-electron chi connectivity index (χ3n) is 3.66. The first-order valence-electron chi connectivity index (χ1n) is 7.37. The van der Waals surface area contributed by atoms with Crippen LogP contribution in [0, 0.1) is 0 Å². The lowest BCUT2D eigenvalue weighted by Gasteiger charge is -2.14. The molecule has 0 spiro atoms. The van der Waals surface area contributed by atoms with Gasteiger partial charge in [0.25, 0.3) is 0 Å². The monoisotopic (exact) mass is 280 g/mol. The van der Waals surface area contributed by atoms with Gasteiger partial charge < -0.3 is 9.30 Å². The maximum absolute atomic E-state index is 5.97. The standard InChI is InChI=1S/C18H20N2O/c1-14(2)15-7-3-6-10-18(15)21-12-11-20-13-19-16-8-4-5-9-17(16)20/h3-10,13-14H,11-12H2,1-2H3. The average Bonchev–Trinajstić information content (AvgIpc) is 2.91. The number of ether oxygens (including phenoxy) is 1. The van der Waals surface area contributed by atoms with Gasteiger partial charge in [0.1, 0.15) is 12.4 Å². The molecular formula is C18H20N2O. The molecular weight excluding hydrogens is 260 g/mol. The highest BCUT2D eigenvalue weighted by molar-refractivity contribution is 5.74. The molecule has 0 atom stereocenters. The third kappa shape index (κ3) is 2.92. The average molecular weight is 280 g/mol. The number of aromatic nitrogens is 2. The summed E-state index contributed by atoms with van der Waals surface area (Å²) in [5.74, 6) is 1.45. The van der Waals surface area contributed by atoms with Crippen LogP contribution < -0.4 is 4.74 Å². The molecule has 0 aliphatic rings. The Labute approximate surface area is 125 Å². The number of para-hydroxylation sites is 3. The highest BCUT2D eigenvalue weighted by atomic mass is 16.5. The number of nitrogens with zero attached hydrogens (tertiary/aromatic N) is 2. The zero-order valence-electron chi connectivity index (χ0n) is 12.5. The zero-order chi connectivity index (χ0) is 14.7. The first kappa shape index (κ1) is 13.7. The molecule has 0 saturated carbocycles. The maximum atomic E-state index is 5.97. The van der Waals surface area contributed by atoms with E-state index in [1.54, 1.807) is 0 Å². The first-order valence-corrected chi connectivity index (χ1v) is 7.37. The van der Waals surface area contributed by atoms with Crippen LogP contribution in [0.15, 0.2) is 54.9 Å². The van der Waals surface area contributed by atoms with Crippen molar-refractivity contribution in [1.82, 2.24) is 9.55 Å². The van der Waals surface area contributed by atoms with E-state index in [2.05, 4.69) is 41.6 Å². The van der Waals surface area contributed by atoms with E-state index in [1.165, 1.54) is 5.56 Å². The van der Waals surface area contributed by atoms with Gasteiger partial charge in [-0.25, -0.2) is 4.98 Å². The van der Waals surface area contributed by atoms with Gasteiger partial charge >= 0.3 is 0 Å². The summed E-state index contributed by atoms with van der Waals surface area (Å²) in [6.45, 7) is 5.81. The van der Waals surface area contributed by atoms with Crippen molar-refractivity contribution in [2.24, 2.45) is 0 Å². The molecule has 3 aromatic rings. The van der Waals surface area contributed by atoms with Crippen molar-refractivity contribution in [2.45, 2.75) is 26.3 Å². The smallest absolute Gasteiger partial charge is 0.122 e. The van der Waals surface area contributed by atoms with Crippen LogP contribution in [0.25, 0.3) is 11.0 Å². The van der Waals surface area contributed by atoms with Crippen LogP contribution >= 0.6 is 0 Å². The van der Waals surface area contributed by atoms with Crippen molar-refractivity contribution in [3.8, 4) is 5.75 Å². The van der Waals surface area contributed by atoms with Crippen LogP contribution in [0.1, 0.15) is 25.3 Å². The molecule has 0 fully saturated rings. The van der Waals surface area contributed by atoms with Crippen molar-refractivity contribution in [3.63, 3.8) is 0 Å². The van der Waals surface area contributed by atoms with Crippen molar-refractivity contribution in [1.29, 1.82) is 0 Å². The van der Waals surface area contributed by atoms with E-state index in [9.17, 15) is 0 Å². The molecule has 1 heterocycles. The maximum Gasteiger partial charge on any atom is 0.122 e. The summed E-state index contributed by atoms with van der Waals surface area (Å²) in [5, 5.41) is 0. The summed E-state index contributed by atoms with van der Waals surface area (Å²) in [7, 11) is 0. The number of hydrogen-bond donors (Lipinski definition) is 0. The highest BCUT2D eigenvalue weighted by Crippen LogP contribution is 2.25. The predicted molar refractivity (Wildman–Crippen MR) is 85.8 cm³/mol. The van der Waals surface area contributed by atoms with Gasteiger partial charge in [-0.15, -0.1) is 0 Å². The van der Waals surface area contributed by atoms with Crippen LogP contribution in [0.3, 0.4) is 0 Å². The molecule has 0 saturated heterocycles. The number of fused-ring (bicyclic) bond motifs is 1. The van der Waals surface area contributed by atoms with Gasteiger partial charge in [0.15, 0.2) is 0 Å². The summed E-state index contributed by atoms with van der Waals surface area (Å²) in [6, 6.07) is 16.4. The molecule has 3 heteroatoms. The summed E-state index contributed by atoms with van der Waals surface area (Å²) >= 11 is 0. The van der Waals surface area contributed by atoms with Crippen molar-refractivity contribution >= 4 is 11.0 Å². The minimum absolute atomic E-state index is 0.468. The highest BCUT2D eigenvalue weighted by Gasteiger charge is 2.07. The topological polar surface area (TPSA) is 27.1 Å². The minimum Gasteiger partial charge on any atom is -0.491 e. The number of rotatable bonds is 5. The Hall–Kier alpha value is -2.29. The van der Waals surface area contributed by atoms with E-state index >= 15 is 0 Å². The lowest BCUT2D eigenvalue weighted by atomic mass is 10.0. The predicted octanol–water partition coefficient (Wildman–Crippen LogP) is 4.24. The summed E-state index contributed by atoms with van der Waals surface area (Å²) in [4.78, 5) is 4.40. The Kier molecular flexibility index (Phi) is 3.91. The lowest BCUT2D eigenvalue weighted by molar-refractivity contribution is 0.296. The summed E-state index contributed by atoms with van der Waals surface area (Å²) in [6.07, 6.45) is 1.88. The molecule has 108 valence electrons. The first-order chi connectivity index (χ1) is 10.3. The van der Waals surface area contributed by atoms with E-state index in [0.29, 0.717) is 12.5 Å². The van der Waals surface area contributed by atoms with Gasteiger partial charge in [-0.1, -0.05) is 44.2 Å². The molecule has 0 aliphatic heterocycles. The number of hydrogen-bond acceptors (Lipinski definition) is 2. The van der Waals surface area contributed by atoms with E-state index in [1.807, 2.05) is 36.7 Å². The van der Waals surface area contributed by atoms with Crippen LogP contribution in [0.2, 0.25) is 0 Å². The Morgan fingerprint density at radius 3 is 2.67 bits per heavy atom. The van der Waals surface area contributed by atoms with E-state index in [-0.39, 0.29) is 0 Å². The SMILES string of the molecule is CC(C)c1ccccc1OCCn1cnc2ccccc21. The van der Waals surface area contributed by atoms with Crippen LogP contribution in [-0.4, -0.2) is 16.2 Å². The van der Waals surface area contributed by atoms with Gasteiger partial charge in [-0.05, 0) is 29.7 Å². The molecule has 2 aromatic carbocycles. The second-order valence-electron chi connectivity index (χ2n) is 5.47. The van der Waals surface area contributed by atoms with Crippen molar-refractivity contribution in [3.05, 3.63) is 60.4 Å². The van der Waals surface area contributed by atoms with Gasteiger partial charge in [0, 0.05) is 0 Å². The van der Waals surface area contributed by atoms with Crippen LogP contribution in [0.4, 0.5) is 0 Å². The number of benzene rings is 2. The molecule has 0 bridgehead atoms. The normalized spacial score (nSPS) is 11.2. The Morgan fingerprint density at radius 1 is 1.05 bits per heavy atom. The van der Waals surface area contributed by atoms with Gasteiger partial charge in [0.2, 0.25) is 0 Å². The van der Waals surface area contributed by atoms with E-state index in [4.69, 9.17) is 4.74 Å². The lowest BCUT2D eigenvalue weighted by Crippen LogP contribution is -2.08. The Bertz CT molecular complexity index is 731. The fraction of sp³-hybridized carbons (Fsp3) is 0.278. The van der Waals surface area contributed by atoms with E-state index < -0.39 is 0 Å². The second kappa shape index (κ2) is 6.00. The quantitative estimate of drug-likeness (QED) is 0.699. The molecule has 0 aliphatic carbocycles. The molecule has 0 N–H and O–H groups in total. The number of imidazole rings is 1. The Balaban J connectivity index is 1.69. The van der Waals surface area contributed by atoms with Crippen molar-refractivity contribution < 1.29 is 4.74 Å². The molecule has 3 rings (SSSR count). The largest absolute Gasteiger partial charge is 0.491 e. The van der Waals surface area contributed by atoms with Crippen LogP contribution in [-0.2, 0) is 6.54 Å². The molecule has 3 nitrogen and oxygen atoms in total.